The molecule has 0 aliphatic rings. The molecule has 1 N–H and O–H groups in total. The first-order valence-electron chi connectivity index (χ1n) is 4.13. The lowest BCUT2D eigenvalue weighted by Crippen LogP contribution is -2.09. The first-order valence-corrected chi connectivity index (χ1v) is 5.35. The van der Waals surface area contributed by atoms with Crippen LogP contribution in [0.15, 0.2) is 23.1 Å². The largest absolute Gasteiger partial charge is 0.481 e. The maximum Gasteiger partial charge on any atom is 0.310 e. The third-order valence-electron chi connectivity index (χ3n) is 2.04. The Kier molecular flexibility index (Phi) is 3.52. The summed E-state index contributed by atoms with van der Waals surface area (Å²) in [5.74, 6) is -1.97. The maximum atomic E-state index is 13.3. The molecule has 14 heavy (non-hydrogen) atoms. The molecule has 0 saturated heterocycles. The monoisotopic (exact) mass is 214 g/mol. The molecule has 1 rings (SSSR count). The number of aliphatic carboxylic acids is 1. The van der Waals surface area contributed by atoms with Crippen molar-refractivity contribution >= 4 is 17.7 Å². The lowest BCUT2D eigenvalue weighted by atomic mass is 10.0. The van der Waals surface area contributed by atoms with Gasteiger partial charge in [-0.3, -0.25) is 4.79 Å². The number of carbonyl (C=O) groups is 1. The summed E-state index contributed by atoms with van der Waals surface area (Å²) in [7, 11) is 0. The summed E-state index contributed by atoms with van der Waals surface area (Å²) in [4.78, 5) is 11.2. The number of hydrogen-bond acceptors (Lipinski definition) is 2. The molecule has 0 spiro atoms. The van der Waals surface area contributed by atoms with Gasteiger partial charge in [-0.1, -0.05) is 12.1 Å². The molecule has 1 aromatic carbocycles. The second-order valence-electron chi connectivity index (χ2n) is 2.92. The number of thioether (sulfide) groups is 1. The fraction of sp³-hybridized carbons (Fsp3) is 0.300. The fourth-order valence-corrected chi connectivity index (χ4v) is 1.96. The van der Waals surface area contributed by atoms with Crippen LogP contribution in [-0.2, 0) is 4.79 Å². The number of benzene rings is 1. The molecular formula is C10H11FO2S. The molecule has 1 aromatic rings. The highest BCUT2D eigenvalue weighted by atomic mass is 32.2. The zero-order valence-corrected chi connectivity index (χ0v) is 8.77. The van der Waals surface area contributed by atoms with E-state index in [1.165, 1.54) is 23.9 Å². The summed E-state index contributed by atoms with van der Waals surface area (Å²) < 4.78 is 13.3. The van der Waals surface area contributed by atoms with Crippen LogP contribution in [0.3, 0.4) is 0 Å². The van der Waals surface area contributed by atoms with Gasteiger partial charge in [0.05, 0.1) is 5.92 Å². The van der Waals surface area contributed by atoms with E-state index in [-0.39, 0.29) is 5.82 Å². The molecule has 0 bridgehead atoms. The first kappa shape index (κ1) is 11.0. The zero-order valence-electron chi connectivity index (χ0n) is 7.95. The highest BCUT2D eigenvalue weighted by Crippen LogP contribution is 2.29. The van der Waals surface area contributed by atoms with Crippen LogP contribution in [0.1, 0.15) is 18.4 Å². The van der Waals surface area contributed by atoms with Crippen molar-refractivity contribution < 1.29 is 14.3 Å². The molecule has 0 aliphatic heterocycles. The minimum absolute atomic E-state index is 0.358. The van der Waals surface area contributed by atoms with Gasteiger partial charge >= 0.3 is 5.97 Å². The van der Waals surface area contributed by atoms with Crippen LogP contribution in [0, 0.1) is 5.82 Å². The van der Waals surface area contributed by atoms with Gasteiger partial charge < -0.3 is 5.11 Å². The molecule has 76 valence electrons. The second-order valence-corrected chi connectivity index (χ2v) is 3.74. The minimum Gasteiger partial charge on any atom is -0.481 e. The Morgan fingerprint density at radius 1 is 1.57 bits per heavy atom. The molecule has 0 radical (unpaired) electrons. The summed E-state index contributed by atoms with van der Waals surface area (Å²) in [5.41, 5.74) is 0.532. The van der Waals surface area contributed by atoms with E-state index in [0.717, 1.165) is 0 Å². The number of carboxylic acid groups (broad SMARTS) is 1. The van der Waals surface area contributed by atoms with Gasteiger partial charge in [0.1, 0.15) is 5.82 Å². The molecule has 0 heterocycles. The van der Waals surface area contributed by atoms with Crippen molar-refractivity contribution in [2.45, 2.75) is 17.7 Å². The Morgan fingerprint density at radius 2 is 2.21 bits per heavy atom. The van der Waals surface area contributed by atoms with E-state index in [1.807, 2.05) is 0 Å². The normalized spacial score (nSPS) is 12.5. The topological polar surface area (TPSA) is 37.3 Å². The van der Waals surface area contributed by atoms with Crippen LogP contribution in [0.25, 0.3) is 0 Å². The smallest absolute Gasteiger partial charge is 0.310 e. The van der Waals surface area contributed by atoms with Crippen molar-refractivity contribution in [3.05, 3.63) is 29.6 Å². The highest BCUT2D eigenvalue weighted by Gasteiger charge is 2.18. The van der Waals surface area contributed by atoms with Gasteiger partial charge in [-0.15, -0.1) is 11.8 Å². The molecule has 0 aliphatic carbocycles. The summed E-state index contributed by atoms with van der Waals surface area (Å²) >= 11 is 1.23. The van der Waals surface area contributed by atoms with Crippen molar-refractivity contribution in [3.63, 3.8) is 0 Å². The van der Waals surface area contributed by atoms with E-state index in [0.29, 0.717) is 10.5 Å². The molecule has 0 fully saturated rings. The molecule has 0 saturated carbocycles. The fourth-order valence-electron chi connectivity index (χ4n) is 1.21. The van der Waals surface area contributed by atoms with E-state index >= 15 is 0 Å². The summed E-state index contributed by atoms with van der Waals surface area (Å²) in [6, 6.07) is 4.52. The third-order valence-corrected chi connectivity index (χ3v) is 2.88. The summed E-state index contributed by atoms with van der Waals surface area (Å²) in [6.07, 6.45) is 1.73. The average Bonchev–Trinajstić information content (AvgIpc) is 2.16. The van der Waals surface area contributed by atoms with Crippen molar-refractivity contribution in [3.8, 4) is 0 Å². The van der Waals surface area contributed by atoms with Crippen molar-refractivity contribution in [2.24, 2.45) is 0 Å². The van der Waals surface area contributed by atoms with Gasteiger partial charge in [-0.2, -0.15) is 0 Å². The summed E-state index contributed by atoms with van der Waals surface area (Å²) in [6.45, 7) is 1.55. The van der Waals surface area contributed by atoms with Crippen molar-refractivity contribution in [1.82, 2.24) is 0 Å². The van der Waals surface area contributed by atoms with E-state index in [1.54, 1.807) is 19.2 Å². The Bertz CT molecular complexity index is 352. The minimum atomic E-state index is -0.939. The first-order chi connectivity index (χ1) is 6.57. The third kappa shape index (κ3) is 2.07. The van der Waals surface area contributed by atoms with Crippen LogP contribution in [0.2, 0.25) is 0 Å². The van der Waals surface area contributed by atoms with Gasteiger partial charge in [0.25, 0.3) is 0 Å². The average molecular weight is 214 g/mol. The van der Waals surface area contributed by atoms with Crippen LogP contribution in [0.5, 0.6) is 0 Å². The lowest BCUT2D eigenvalue weighted by molar-refractivity contribution is -0.138. The number of rotatable bonds is 3. The standard InChI is InChI=1S/C10H11FO2S/c1-6(10(12)13)7-4-3-5-8(11)9(7)14-2/h3-6H,1-2H3,(H,12,13). The van der Waals surface area contributed by atoms with Crippen LogP contribution in [0.4, 0.5) is 4.39 Å². The van der Waals surface area contributed by atoms with Crippen LogP contribution >= 0.6 is 11.8 Å². The molecule has 0 amide bonds. The highest BCUT2D eigenvalue weighted by molar-refractivity contribution is 7.98. The Labute approximate surface area is 86.1 Å². The summed E-state index contributed by atoms with van der Waals surface area (Å²) in [5, 5.41) is 8.81. The van der Waals surface area contributed by atoms with E-state index in [4.69, 9.17) is 5.11 Å². The predicted octanol–water partition coefficient (Wildman–Crippen LogP) is 2.74. The zero-order chi connectivity index (χ0) is 10.7. The number of carboxylic acids is 1. The van der Waals surface area contributed by atoms with Crippen molar-refractivity contribution in [2.75, 3.05) is 6.26 Å². The molecule has 2 nitrogen and oxygen atoms in total. The predicted molar refractivity (Wildman–Crippen MR) is 54.2 cm³/mol. The maximum absolute atomic E-state index is 13.3. The molecule has 1 unspecified atom stereocenters. The van der Waals surface area contributed by atoms with Gasteiger partial charge in [-0.05, 0) is 24.8 Å². The molecular weight excluding hydrogens is 203 g/mol. The van der Waals surface area contributed by atoms with Crippen LogP contribution in [-0.4, -0.2) is 17.3 Å². The van der Waals surface area contributed by atoms with Gasteiger partial charge in [0.2, 0.25) is 0 Å². The SMILES string of the molecule is CSc1c(F)cccc1C(C)C(=O)O. The van der Waals surface area contributed by atoms with Gasteiger partial charge in [0, 0.05) is 4.90 Å². The Hall–Kier alpha value is -1.03. The second kappa shape index (κ2) is 4.46. The Balaban J connectivity index is 3.20. The van der Waals surface area contributed by atoms with E-state index in [2.05, 4.69) is 0 Å². The van der Waals surface area contributed by atoms with E-state index < -0.39 is 11.9 Å². The quantitative estimate of drug-likeness (QED) is 0.786. The number of halogens is 1. The molecule has 1 atom stereocenters. The van der Waals surface area contributed by atoms with Crippen LogP contribution < -0.4 is 0 Å². The Morgan fingerprint density at radius 3 is 2.71 bits per heavy atom. The van der Waals surface area contributed by atoms with E-state index in [9.17, 15) is 9.18 Å². The van der Waals surface area contributed by atoms with Gasteiger partial charge in [0.15, 0.2) is 0 Å². The number of hydrogen-bond donors (Lipinski definition) is 1. The van der Waals surface area contributed by atoms with Gasteiger partial charge in [-0.25, -0.2) is 4.39 Å². The lowest BCUT2D eigenvalue weighted by Gasteiger charge is -2.11. The molecule has 0 aromatic heterocycles. The molecule has 4 heteroatoms. The van der Waals surface area contributed by atoms with Crippen molar-refractivity contribution in [1.29, 1.82) is 0 Å².